The van der Waals surface area contributed by atoms with E-state index in [0.29, 0.717) is 0 Å². The van der Waals surface area contributed by atoms with Crippen LogP contribution < -0.4 is 10.2 Å². The SMILES string of the molecule is CNC(C)(C)C(C)(C)N(C)C(C)(C)C(=O)N(C)c1c(C)c(C)c(C)c(C)c1C. The van der Waals surface area contributed by atoms with Crippen molar-refractivity contribution in [3.8, 4) is 0 Å². The third kappa shape index (κ3) is 3.73. The van der Waals surface area contributed by atoms with Crippen LogP contribution in [0.3, 0.4) is 0 Å². The first-order valence-corrected chi connectivity index (χ1v) is 10.2. The van der Waals surface area contributed by atoms with Crippen molar-refractivity contribution in [1.82, 2.24) is 10.2 Å². The number of nitrogens with zero attached hydrogens (tertiary/aromatic N) is 2. The molecule has 0 aliphatic heterocycles. The van der Waals surface area contributed by atoms with Gasteiger partial charge >= 0.3 is 0 Å². The Labute approximate surface area is 173 Å². The molecule has 0 fully saturated rings. The van der Waals surface area contributed by atoms with Gasteiger partial charge in [-0.1, -0.05) is 0 Å². The van der Waals surface area contributed by atoms with E-state index in [9.17, 15) is 4.79 Å². The van der Waals surface area contributed by atoms with Crippen molar-refractivity contribution in [3.63, 3.8) is 0 Å². The van der Waals surface area contributed by atoms with Crippen LogP contribution >= 0.6 is 0 Å². The summed E-state index contributed by atoms with van der Waals surface area (Å²) in [6, 6.07) is 0. The summed E-state index contributed by atoms with van der Waals surface area (Å²) in [6.07, 6.45) is 0. The number of nitrogens with one attached hydrogen (secondary N) is 1. The van der Waals surface area contributed by atoms with Crippen molar-refractivity contribution in [2.75, 3.05) is 26.0 Å². The molecule has 0 unspecified atom stereocenters. The maximum atomic E-state index is 13.7. The van der Waals surface area contributed by atoms with Gasteiger partial charge in [-0.05, 0) is 118 Å². The number of anilines is 1. The van der Waals surface area contributed by atoms with Crippen LogP contribution in [-0.4, -0.2) is 48.6 Å². The Bertz CT molecular complexity index is 731. The molecule has 4 heteroatoms. The number of likely N-dealkylation sites (N-methyl/N-ethyl adjacent to an activating group) is 3. The summed E-state index contributed by atoms with van der Waals surface area (Å²) in [7, 11) is 5.94. The Balaban J connectivity index is 3.46. The van der Waals surface area contributed by atoms with Gasteiger partial charge in [0.05, 0.1) is 5.54 Å². The van der Waals surface area contributed by atoms with Crippen molar-refractivity contribution in [2.24, 2.45) is 0 Å². The molecule has 1 N–H and O–H groups in total. The maximum Gasteiger partial charge on any atom is 0.246 e. The van der Waals surface area contributed by atoms with E-state index in [4.69, 9.17) is 0 Å². The lowest BCUT2D eigenvalue weighted by molar-refractivity contribution is -0.133. The Hall–Kier alpha value is -1.39. The van der Waals surface area contributed by atoms with E-state index in [1.54, 1.807) is 0 Å². The van der Waals surface area contributed by atoms with E-state index < -0.39 is 5.54 Å². The molecule has 4 nitrogen and oxygen atoms in total. The fourth-order valence-corrected chi connectivity index (χ4v) is 4.06. The second-order valence-corrected chi connectivity index (χ2v) is 9.89. The summed E-state index contributed by atoms with van der Waals surface area (Å²) in [4.78, 5) is 17.8. The number of carbonyl (C=O) groups excluding carboxylic acids is 1. The number of rotatable bonds is 6. The van der Waals surface area contributed by atoms with Crippen molar-refractivity contribution in [3.05, 3.63) is 27.8 Å². The number of benzene rings is 1. The average molecular weight is 390 g/mol. The van der Waals surface area contributed by atoms with Crippen LogP contribution in [0.2, 0.25) is 0 Å². The first-order chi connectivity index (χ1) is 12.5. The molecule has 0 aromatic heterocycles. The molecule has 1 aromatic rings. The third-order valence-corrected chi connectivity index (χ3v) is 7.96. The lowest BCUT2D eigenvalue weighted by Crippen LogP contribution is -2.69. The minimum absolute atomic E-state index is 0.101. The standard InChI is InChI=1S/C24H43N3O/c1-15-16(2)18(4)20(19(5)17(15)3)26(13)21(28)22(6,7)27(14)24(10,11)23(8,9)25-12/h25H,1-14H3. The molecular formula is C24H43N3O. The molecule has 28 heavy (non-hydrogen) atoms. The van der Waals surface area contributed by atoms with Gasteiger partial charge in [-0.15, -0.1) is 0 Å². The van der Waals surface area contributed by atoms with Gasteiger partial charge < -0.3 is 10.2 Å². The van der Waals surface area contributed by atoms with E-state index >= 15 is 0 Å². The number of hydrogen-bond donors (Lipinski definition) is 1. The molecule has 0 heterocycles. The second kappa shape index (κ2) is 7.79. The molecule has 0 spiro atoms. The molecule has 160 valence electrons. The van der Waals surface area contributed by atoms with E-state index in [1.165, 1.54) is 27.8 Å². The van der Waals surface area contributed by atoms with Crippen LogP contribution in [0.25, 0.3) is 0 Å². The maximum absolute atomic E-state index is 13.7. The number of carbonyl (C=O) groups is 1. The van der Waals surface area contributed by atoms with Crippen LogP contribution in [0.4, 0.5) is 5.69 Å². The monoisotopic (exact) mass is 389 g/mol. The van der Waals surface area contributed by atoms with E-state index in [1.807, 2.05) is 32.8 Å². The Morgan fingerprint density at radius 3 is 1.46 bits per heavy atom. The minimum Gasteiger partial charge on any atom is -0.313 e. The van der Waals surface area contributed by atoms with Crippen LogP contribution in [0, 0.1) is 34.6 Å². The third-order valence-electron chi connectivity index (χ3n) is 7.96. The fourth-order valence-electron chi connectivity index (χ4n) is 4.06. The highest BCUT2D eigenvalue weighted by atomic mass is 16.2. The highest BCUT2D eigenvalue weighted by molar-refractivity contribution is 6.01. The van der Waals surface area contributed by atoms with Gasteiger partial charge in [0.25, 0.3) is 0 Å². The molecular weight excluding hydrogens is 346 g/mol. The van der Waals surface area contributed by atoms with E-state index in [2.05, 4.69) is 79.6 Å². The topological polar surface area (TPSA) is 35.6 Å². The van der Waals surface area contributed by atoms with Gasteiger partial charge in [-0.3, -0.25) is 9.69 Å². The zero-order valence-corrected chi connectivity index (χ0v) is 20.8. The molecule has 0 atom stereocenters. The molecule has 0 saturated heterocycles. The van der Waals surface area contributed by atoms with Crippen molar-refractivity contribution < 1.29 is 4.79 Å². The normalized spacial score (nSPS) is 13.2. The van der Waals surface area contributed by atoms with Gasteiger partial charge in [0, 0.05) is 23.8 Å². The summed E-state index contributed by atoms with van der Waals surface area (Å²) >= 11 is 0. The van der Waals surface area contributed by atoms with Gasteiger partial charge in [-0.25, -0.2) is 0 Å². The molecule has 0 radical (unpaired) electrons. The fraction of sp³-hybridized carbons (Fsp3) is 0.708. The molecule has 1 amide bonds. The summed E-state index contributed by atoms with van der Waals surface area (Å²) in [5.74, 6) is 0.101. The minimum atomic E-state index is -0.669. The second-order valence-electron chi connectivity index (χ2n) is 9.89. The molecule has 1 aromatic carbocycles. The number of amides is 1. The van der Waals surface area contributed by atoms with E-state index in [-0.39, 0.29) is 17.0 Å². The van der Waals surface area contributed by atoms with Gasteiger partial charge in [0.1, 0.15) is 0 Å². The zero-order valence-electron chi connectivity index (χ0n) is 20.8. The summed E-state index contributed by atoms with van der Waals surface area (Å²) in [6.45, 7) is 23.5. The van der Waals surface area contributed by atoms with Crippen molar-refractivity contribution in [1.29, 1.82) is 0 Å². The van der Waals surface area contributed by atoms with Crippen LogP contribution in [0.1, 0.15) is 69.4 Å². The van der Waals surface area contributed by atoms with Gasteiger partial charge in [0.2, 0.25) is 5.91 Å². The predicted octanol–water partition coefficient (Wildman–Crippen LogP) is 4.68. The van der Waals surface area contributed by atoms with Crippen molar-refractivity contribution >= 4 is 11.6 Å². The predicted molar refractivity (Wildman–Crippen MR) is 123 cm³/mol. The first kappa shape index (κ1) is 24.6. The number of hydrogen-bond acceptors (Lipinski definition) is 3. The molecule has 0 aliphatic rings. The molecule has 0 bridgehead atoms. The Morgan fingerprint density at radius 2 is 1.11 bits per heavy atom. The molecule has 0 saturated carbocycles. The lowest BCUT2D eigenvalue weighted by Gasteiger charge is -2.53. The van der Waals surface area contributed by atoms with Gasteiger partial charge in [-0.2, -0.15) is 0 Å². The Morgan fingerprint density at radius 1 is 0.750 bits per heavy atom. The quantitative estimate of drug-likeness (QED) is 0.767. The van der Waals surface area contributed by atoms with Gasteiger partial charge in [0.15, 0.2) is 0 Å². The lowest BCUT2D eigenvalue weighted by atomic mass is 9.78. The first-order valence-electron chi connectivity index (χ1n) is 10.2. The zero-order chi connectivity index (χ0) is 22.4. The Kier molecular flexibility index (Phi) is 6.86. The molecule has 0 aliphatic carbocycles. The summed E-state index contributed by atoms with van der Waals surface area (Å²) in [5, 5.41) is 3.41. The largest absolute Gasteiger partial charge is 0.313 e. The van der Waals surface area contributed by atoms with E-state index in [0.717, 1.165) is 5.69 Å². The molecule has 1 rings (SSSR count). The smallest absolute Gasteiger partial charge is 0.246 e. The summed E-state index contributed by atoms with van der Waals surface area (Å²) < 4.78 is 0. The van der Waals surface area contributed by atoms with Crippen LogP contribution in [0.15, 0.2) is 0 Å². The summed E-state index contributed by atoms with van der Waals surface area (Å²) in [5.41, 5.74) is 6.17. The van der Waals surface area contributed by atoms with Crippen LogP contribution in [-0.2, 0) is 4.79 Å². The highest BCUT2D eigenvalue weighted by Gasteiger charge is 2.48. The van der Waals surface area contributed by atoms with Crippen LogP contribution in [0.5, 0.6) is 0 Å². The van der Waals surface area contributed by atoms with Crippen molar-refractivity contribution in [2.45, 2.75) is 92.8 Å². The average Bonchev–Trinajstić information content (AvgIpc) is 2.62. The highest BCUT2D eigenvalue weighted by Crippen LogP contribution is 2.37.